The Kier molecular flexibility index (Phi) is 2.75. The summed E-state index contributed by atoms with van der Waals surface area (Å²) < 4.78 is 2.33. The molecule has 0 radical (unpaired) electrons. The van der Waals surface area contributed by atoms with Crippen molar-refractivity contribution in [2.45, 2.75) is 25.3 Å². The van der Waals surface area contributed by atoms with E-state index in [1.54, 1.807) is 0 Å². The standard InChI is InChI=1S/C18H15N3/c19-11-13-5-7-14(8-6-13)12-21-17-4-2-1-3-16(17)20-18(21)15-9-10-15/h1-8,15H,9-10,12H2. The van der Waals surface area contributed by atoms with E-state index in [9.17, 15) is 0 Å². The predicted molar refractivity (Wildman–Crippen MR) is 82.0 cm³/mol. The monoisotopic (exact) mass is 273 g/mol. The van der Waals surface area contributed by atoms with E-state index in [2.05, 4.69) is 28.8 Å². The SMILES string of the molecule is N#Cc1ccc(Cn2c(C3CC3)nc3ccccc32)cc1. The number of imidazole rings is 1. The van der Waals surface area contributed by atoms with Gasteiger partial charge in [-0.2, -0.15) is 5.26 Å². The van der Waals surface area contributed by atoms with Crippen molar-refractivity contribution in [1.29, 1.82) is 5.26 Å². The van der Waals surface area contributed by atoms with Crippen LogP contribution in [0, 0.1) is 11.3 Å². The number of nitriles is 1. The van der Waals surface area contributed by atoms with Crippen LogP contribution < -0.4 is 0 Å². The topological polar surface area (TPSA) is 41.6 Å². The van der Waals surface area contributed by atoms with Crippen LogP contribution in [0.1, 0.15) is 35.7 Å². The maximum Gasteiger partial charge on any atom is 0.113 e. The number of para-hydroxylation sites is 2. The minimum Gasteiger partial charge on any atom is -0.323 e. The molecule has 1 saturated carbocycles. The van der Waals surface area contributed by atoms with Crippen LogP contribution in [0.3, 0.4) is 0 Å². The fourth-order valence-electron chi connectivity index (χ4n) is 2.78. The Morgan fingerprint density at radius 1 is 1.10 bits per heavy atom. The van der Waals surface area contributed by atoms with Crippen molar-refractivity contribution in [3.05, 3.63) is 65.5 Å². The molecule has 1 heterocycles. The summed E-state index contributed by atoms with van der Waals surface area (Å²) in [5.41, 5.74) is 4.19. The van der Waals surface area contributed by atoms with Crippen LogP contribution in [0.15, 0.2) is 48.5 Å². The Labute approximate surface area is 123 Å². The van der Waals surface area contributed by atoms with Gasteiger partial charge in [-0.1, -0.05) is 24.3 Å². The fraction of sp³-hybridized carbons (Fsp3) is 0.222. The first-order valence-electron chi connectivity index (χ1n) is 7.29. The van der Waals surface area contributed by atoms with Gasteiger partial charge in [-0.05, 0) is 42.7 Å². The van der Waals surface area contributed by atoms with E-state index in [4.69, 9.17) is 10.2 Å². The first kappa shape index (κ1) is 12.2. The van der Waals surface area contributed by atoms with E-state index < -0.39 is 0 Å². The third kappa shape index (κ3) is 2.19. The van der Waals surface area contributed by atoms with Gasteiger partial charge in [0.2, 0.25) is 0 Å². The number of aromatic nitrogens is 2. The lowest BCUT2D eigenvalue weighted by Gasteiger charge is -2.09. The molecule has 0 spiro atoms. The lowest BCUT2D eigenvalue weighted by molar-refractivity contribution is 0.747. The summed E-state index contributed by atoms with van der Waals surface area (Å²) in [5.74, 6) is 1.83. The zero-order chi connectivity index (χ0) is 14.2. The number of nitrogens with zero attached hydrogens (tertiary/aromatic N) is 3. The third-order valence-electron chi connectivity index (χ3n) is 4.05. The Morgan fingerprint density at radius 2 is 1.86 bits per heavy atom. The van der Waals surface area contributed by atoms with Crippen molar-refractivity contribution in [3.8, 4) is 6.07 Å². The summed E-state index contributed by atoms with van der Waals surface area (Å²) in [7, 11) is 0. The molecule has 0 atom stereocenters. The van der Waals surface area contributed by atoms with Crippen LogP contribution in [0.25, 0.3) is 11.0 Å². The van der Waals surface area contributed by atoms with Crippen LogP contribution in [-0.4, -0.2) is 9.55 Å². The third-order valence-corrected chi connectivity index (χ3v) is 4.05. The van der Waals surface area contributed by atoms with E-state index in [0.29, 0.717) is 11.5 Å². The maximum atomic E-state index is 8.89. The van der Waals surface area contributed by atoms with Gasteiger partial charge in [0, 0.05) is 12.5 Å². The molecule has 1 aromatic heterocycles. The molecule has 3 aromatic rings. The molecule has 3 heteroatoms. The van der Waals surface area contributed by atoms with E-state index in [0.717, 1.165) is 12.1 Å². The molecule has 0 aliphatic heterocycles. The summed E-state index contributed by atoms with van der Waals surface area (Å²) in [5, 5.41) is 8.89. The van der Waals surface area contributed by atoms with Crippen molar-refractivity contribution < 1.29 is 0 Å². The summed E-state index contributed by atoms with van der Waals surface area (Å²) in [6.07, 6.45) is 2.49. The van der Waals surface area contributed by atoms with Crippen molar-refractivity contribution in [2.24, 2.45) is 0 Å². The highest BCUT2D eigenvalue weighted by atomic mass is 15.1. The van der Waals surface area contributed by atoms with Gasteiger partial charge < -0.3 is 4.57 Å². The number of hydrogen-bond donors (Lipinski definition) is 0. The first-order chi connectivity index (χ1) is 10.3. The molecule has 1 fully saturated rings. The molecule has 2 aromatic carbocycles. The van der Waals surface area contributed by atoms with Crippen molar-refractivity contribution in [2.75, 3.05) is 0 Å². The zero-order valence-electron chi connectivity index (χ0n) is 11.7. The van der Waals surface area contributed by atoms with Crippen LogP contribution in [-0.2, 0) is 6.54 Å². The minimum absolute atomic E-state index is 0.621. The average Bonchev–Trinajstić information content (AvgIpc) is 3.32. The van der Waals surface area contributed by atoms with Crippen LogP contribution in [0.5, 0.6) is 0 Å². The van der Waals surface area contributed by atoms with Crippen LogP contribution in [0.2, 0.25) is 0 Å². The number of fused-ring (bicyclic) bond motifs is 1. The molecule has 0 amide bonds. The Bertz CT molecular complexity index is 833. The van der Waals surface area contributed by atoms with Gasteiger partial charge >= 0.3 is 0 Å². The van der Waals surface area contributed by atoms with Gasteiger partial charge in [0.25, 0.3) is 0 Å². The van der Waals surface area contributed by atoms with Crippen LogP contribution in [0.4, 0.5) is 0 Å². The van der Waals surface area contributed by atoms with Gasteiger partial charge in [0.05, 0.1) is 22.7 Å². The Hall–Kier alpha value is -2.60. The summed E-state index contributed by atoms with van der Waals surface area (Å²) in [6.45, 7) is 0.818. The van der Waals surface area contributed by atoms with Gasteiger partial charge in [-0.3, -0.25) is 0 Å². The minimum atomic E-state index is 0.621. The van der Waals surface area contributed by atoms with Gasteiger partial charge in [-0.25, -0.2) is 4.98 Å². The molecule has 21 heavy (non-hydrogen) atoms. The Morgan fingerprint density at radius 3 is 2.57 bits per heavy atom. The molecule has 0 saturated heterocycles. The molecular weight excluding hydrogens is 258 g/mol. The average molecular weight is 273 g/mol. The second-order valence-corrected chi connectivity index (χ2v) is 5.63. The van der Waals surface area contributed by atoms with Crippen molar-refractivity contribution >= 4 is 11.0 Å². The van der Waals surface area contributed by atoms with Gasteiger partial charge in [0.15, 0.2) is 0 Å². The number of hydrogen-bond acceptors (Lipinski definition) is 2. The number of rotatable bonds is 3. The van der Waals surface area contributed by atoms with E-state index in [-0.39, 0.29) is 0 Å². The second-order valence-electron chi connectivity index (χ2n) is 5.63. The van der Waals surface area contributed by atoms with E-state index in [1.165, 1.54) is 29.7 Å². The second kappa shape index (κ2) is 4.75. The largest absolute Gasteiger partial charge is 0.323 e. The van der Waals surface area contributed by atoms with Crippen molar-refractivity contribution in [3.63, 3.8) is 0 Å². The molecule has 102 valence electrons. The molecule has 0 N–H and O–H groups in total. The molecule has 0 unspecified atom stereocenters. The van der Waals surface area contributed by atoms with Crippen LogP contribution >= 0.6 is 0 Å². The fourth-order valence-corrected chi connectivity index (χ4v) is 2.78. The Balaban J connectivity index is 1.77. The molecule has 4 rings (SSSR count). The molecular formula is C18H15N3. The summed E-state index contributed by atoms with van der Waals surface area (Å²) in [6, 6.07) is 18.3. The van der Waals surface area contributed by atoms with Gasteiger partial charge in [-0.15, -0.1) is 0 Å². The molecule has 1 aliphatic rings. The lowest BCUT2D eigenvalue weighted by atomic mass is 10.1. The highest BCUT2D eigenvalue weighted by Crippen LogP contribution is 2.40. The van der Waals surface area contributed by atoms with E-state index >= 15 is 0 Å². The first-order valence-corrected chi connectivity index (χ1v) is 7.29. The normalized spacial score (nSPS) is 14.2. The summed E-state index contributed by atoms with van der Waals surface area (Å²) >= 11 is 0. The summed E-state index contributed by atoms with van der Waals surface area (Å²) in [4.78, 5) is 4.82. The maximum absolute atomic E-state index is 8.89. The molecule has 0 bridgehead atoms. The van der Waals surface area contributed by atoms with E-state index in [1.807, 2.05) is 30.3 Å². The zero-order valence-corrected chi connectivity index (χ0v) is 11.7. The lowest BCUT2D eigenvalue weighted by Crippen LogP contribution is -2.04. The molecule has 1 aliphatic carbocycles. The van der Waals surface area contributed by atoms with Gasteiger partial charge in [0.1, 0.15) is 5.82 Å². The quantitative estimate of drug-likeness (QED) is 0.727. The highest BCUT2D eigenvalue weighted by molar-refractivity contribution is 5.76. The number of benzene rings is 2. The predicted octanol–water partition coefficient (Wildman–Crippen LogP) is 3.83. The molecule has 3 nitrogen and oxygen atoms in total. The van der Waals surface area contributed by atoms with Crippen molar-refractivity contribution in [1.82, 2.24) is 9.55 Å². The smallest absolute Gasteiger partial charge is 0.113 e. The highest BCUT2D eigenvalue weighted by Gasteiger charge is 2.29.